The summed E-state index contributed by atoms with van der Waals surface area (Å²) in [6.07, 6.45) is 2.56. The number of rotatable bonds is 6. The van der Waals surface area contributed by atoms with E-state index in [0.717, 1.165) is 23.0 Å². The summed E-state index contributed by atoms with van der Waals surface area (Å²) in [5.74, 6) is 2.19. The molecule has 0 bridgehead atoms. The van der Waals surface area contributed by atoms with Crippen LogP contribution in [0.2, 0.25) is 0 Å². The van der Waals surface area contributed by atoms with Gasteiger partial charge in [-0.05, 0) is 36.2 Å². The van der Waals surface area contributed by atoms with Crippen molar-refractivity contribution in [3.63, 3.8) is 0 Å². The average molecular weight is 404 g/mol. The molecule has 2 heterocycles. The van der Waals surface area contributed by atoms with Crippen LogP contribution < -0.4 is 19.3 Å². The van der Waals surface area contributed by atoms with Gasteiger partial charge in [0.25, 0.3) is 5.91 Å². The van der Waals surface area contributed by atoms with Crippen LogP contribution in [-0.2, 0) is 11.2 Å². The molecule has 0 fully saturated rings. The molecule has 0 spiro atoms. The number of aromatic nitrogens is 2. The van der Waals surface area contributed by atoms with E-state index < -0.39 is 0 Å². The highest BCUT2D eigenvalue weighted by Gasteiger charge is 2.28. The Morgan fingerprint density at radius 1 is 1.10 bits per heavy atom. The van der Waals surface area contributed by atoms with Gasteiger partial charge in [0.1, 0.15) is 0 Å². The topological polar surface area (TPSA) is 67.8 Å². The molecule has 0 saturated heterocycles. The second-order valence-corrected chi connectivity index (χ2v) is 7.09. The van der Waals surface area contributed by atoms with E-state index in [4.69, 9.17) is 19.4 Å². The van der Waals surface area contributed by atoms with Crippen molar-refractivity contribution in [3.8, 4) is 11.5 Å². The lowest BCUT2D eigenvalue weighted by Gasteiger charge is -2.33. The van der Waals surface area contributed by atoms with Gasteiger partial charge in [-0.15, -0.1) is 6.58 Å². The third-order valence-corrected chi connectivity index (χ3v) is 5.07. The molecular formula is C23H24N4O3. The fourth-order valence-electron chi connectivity index (χ4n) is 3.47. The molecule has 4 rings (SSSR count). The van der Waals surface area contributed by atoms with E-state index in [9.17, 15) is 4.79 Å². The second kappa shape index (κ2) is 8.41. The standard InChI is InChI=1S/C23H24N4O3/c1-4-7-16-10-11-19(20(14-16)29-3)30-15-21(28)27-13-12-26(2)22-23(27)25-18-9-6-5-8-17(18)24-22/h4-6,8-11,14H,1,7,12-13,15H2,2-3H3. The van der Waals surface area contributed by atoms with E-state index in [1.165, 1.54) is 0 Å². The Kier molecular flexibility index (Phi) is 5.52. The first-order valence-electron chi connectivity index (χ1n) is 9.79. The molecule has 0 radical (unpaired) electrons. The molecule has 0 unspecified atom stereocenters. The number of ether oxygens (including phenoxy) is 2. The third kappa shape index (κ3) is 3.78. The van der Waals surface area contributed by atoms with Crippen molar-refractivity contribution in [1.82, 2.24) is 9.97 Å². The van der Waals surface area contributed by atoms with Crippen LogP contribution in [-0.4, -0.2) is 49.7 Å². The van der Waals surface area contributed by atoms with Crippen LogP contribution in [0.1, 0.15) is 5.56 Å². The largest absolute Gasteiger partial charge is 0.493 e. The molecule has 0 aliphatic carbocycles. The van der Waals surface area contributed by atoms with Crippen molar-refractivity contribution < 1.29 is 14.3 Å². The second-order valence-electron chi connectivity index (χ2n) is 7.09. The molecular weight excluding hydrogens is 380 g/mol. The van der Waals surface area contributed by atoms with Crippen molar-refractivity contribution in [3.05, 3.63) is 60.7 Å². The van der Waals surface area contributed by atoms with E-state index in [-0.39, 0.29) is 12.5 Å². The zero-order chi connectivity index (χ0) is 21.1. The number of carbonyl (C=O) groups excluding carboxylic acids is 1. The summed E-state index contributed by atoms with van der Waals surface area (Å²) in [7, 11) is 3.54. The third-order valence-electron chi connectivity index (χ3n) is 5.07. The minimum Gasteiger partial charge on any atom is -0.493 e. The highest BCUT2D eigenvalue weighted by atomic mass is 16.5. The Morgan fingerprint density at radius 2 is 1.83 bits per heavy atom. The highest BCUT2D eigenvalue weighted by Crippen LogP contribution is 2.32. The maximum absolute atomic E-state index is 13.0. The van der Waals surface area contributed by atoms with E-state index in [1.54, 1.807) is 12.0 Å². The van der Waals surface area contributed by atoms with Gasteiger partial charge in [0, 0.05) is 20.1 Å². The van der Waals surface area contributed by atoms with Crippen LogP contribution >= 0.6 is 0 Å². The molecule has 154 valence electrons. The molecule has 7 nitrogen and oxygen atoms in total. The zero-order valence-corrected chi connectivity index (χ0v) is 17.2. The number of hydrogen-bond acceptors (Lipinski definition) is 6. The van der Waals surface area contributed by atoms with Gasteiger partial charge in [0.15, 0.2) is 29.7 Å². The van der Waals surface area contributed by atoms with Gasteiger partial charge in [-0.25, -0.2) is 9.97 Å². The number of nitrogens with zero attached hydrogens (tertiary/aromatic N) is 4. The van der Waals surface area contributed by atoms with Gasteiger partial charge in [0.05, 0.1) is 18.1 Å². The lowest BCUT2D eigenvalue weighted by atomic mass is 10.1. The van der Waals surface area contributed by atoms with Crippen LogP contribution in [0.15, 0.2) is 55.1 Å². The van der Waals surface area contributed by atoms with Crippen molar-refractivity contribution >= 4 is 28.6 Å². The van der Waals surface area contributed by atoms with E-state index in [2.05, 4.69) is 6.58 Å². The number of likely N-dealkylation sites (N-methyl/N-ethyl adjacent to an activating group) is 1. The van der Waals surface area contributed by atoms with Gasteiger partial charge in [-0.2, -0.15) is 0 Å². The lowest BCUT2D eigenvalue weighted by molar-refractivity contribution is -0.120. The summed E-state index contributed by atoms with van der Waals surface area (Å²) in [6, 6.07) is 13.3. The van der Waals surface area contributed by atoms with Crippen LogP contribution in [0, 0.1) is 0 Å². The quantitative estimate of drug-likeness (QED) is 0.588. The average Bonchev–Trinajstić information content (AvgIpc) is 2.77. The summed E-state index contributed by atoms with van der Waals surface area (Å²) >= 11 is 0. The zero-order valence-electron chi connectivity index (χ0n) is 17.2. The number of fused-ring (bicyclic) bond motifs is 2. The smallest absolute Gasteiger partial charge is 0.266 e. The molecule has 3 aromatic rings. The van der Waals surface area contributed by atoms with E-state index in [0.29, 0.717) is 36.2 Å². The molecule has 0 N–H and O–H groups in total. The molecule has 2 aromatic carbocycles. The minimum absolute atomic E-state index is 0.116. The summed E-state index contributed by atoms with van der Waals surface area (Å²) in [6.45, 7) is 4.83. The molecule has 0 saturated carbocycles. The van der Waals surface area contributed by atoms with Crippen molar-refractivity contribution in [2.45, 2.75) is 6.42 Å². The number of allylic oxidation sites excluding steroid dienone is 1. The number of amides is 1. The maximum Gasteiger partial charge on any atom is 0.266 e. The predicted octanol–water partition coefficient (Wildman–Crippen LogP) is 3.23. The Balaban J connectivity index is 1.56. The van der Waals surface area contributed by atoms with Crippen LogP contribution in [0.3, 0.4) is 0 Å². The van der Waals surface area contributed by atoms with Gasteiger partial charge < -0.3 is 14.4 Å². The van der Waals surface area contributed by atoms with Gasteiger partial charge in [-0.3, -0.25) is 9.69 Å². The first-order valence-corrected chi connectivity index (χ1v) is 9.79. The highest BCUT2D eigenvalue weighted by molar-refractivity contribution is 5.98. The number of carbonyl (C=O) groups is 1. The van der Waals surface area contributed by atoms with Crippen molar-refractivity contribution in [1.29, 1.82) is 0 Å². The first kappa shape index (κ1) is 19.7. The molecule has 1 aromatic heterocycles. The van der Waals surface area contributed by atoms with Gasteiger partial charge in [0.2, 0.25) is 0 Å². The number of anilines is 2. The number of para-hydroxylation sites is 2. The van der Waals surface area contributed by atoms with Crippen LogP contribution in [0.4, 0.5) is 11.6 Å². The van der Waals surface area contributed by atoms with Crippen LogP contribution in [0.5, 0.6) is 11.5 Å². The normalized spacial score (nSPS) is 13.1. The molecule has 30 heavy (non-hydrogen) atoms. The number of methoxy groups -OCH3 is 1. The summed E-state index contributed by atoms with van der Waals surface area (Å²) in [4.78, 5) is 26.1. The molecule has 1 amide bonds. The Morgan fingerprint density at radius 3 is 2.53 bits per heavy atom. The SMILES string of the molecule is C=CCc1ccc(OCC(=O)N2CCN(C)c3nc4ccccc4nc32)c(OC)c1. The molecule has 0 atom stereocenters. The van der Waals surface area contributed by atoms with Crippen LogP contribution in [0.25, 0.3) is 11.0 Å². The summed E-state index contributed by atoms with van der Waals surface area (Å²) in [5.41, 5.74) is 2.62. The number of benzene rings is 2. The van der Waals surface area contributed by atoms with E-state index in [1.807, 2.05) is 60.5 Å². The maximum atomic E-state index is 13.0. The summed E-state index contributed by atoms with van der Waals surface area (Å²) < 4.78 is 11.2. The minimum atomic E-state index is -0.175. The lowest BCUT2D eigenvalue weighted by Crippen LogP contribution is -2.45. The Hall–Kier alpha value is -3.61. The van der Waals surface area contributed by atoms with Crippen molar-refractivity contribution in [2.24, 2.45) is 0 Å². The molecule has 7 heteroatoms. The Bertz CT molecular complexity index is 1100. The van der Waals surface area contributed by atoms with Gasteiger partial charge >= 0.3 is 0 Å². The van der Waals surface area contributed by atoms with Crippen molar-refractivity contribution in [2.75, 3.05) is 43.7 Å². The number of hydrogen-bond donors (Lipinski definition) is 0. The first-order chi connectivity index (χ1) is 14.6. The summed E-state index contributed by atoms with van der Waals surface area (Å²) in [5, 5.41) is 0. The van der Waals surface area contributed by atoms with Gasteiger partial charge in [-0.1, -0.05) is 24.3 Å². The fourth-order valence-corrected chi connectivity index (χ4v) is 3.47. The molecule has 1 aliphatic rings. The predicted molar refractivity (Wildman–Crippen MR) is 118 cm³/mol. The molecule has 1 aliphatic heterocycles. The fraction of sp³-hybridized carbons (Fsp3) is 0.261. The van der Waals surface area contributed by atoms with E-state index >= 15 is 0 Å². The Labute approximate surface area is 175 Å². The monoisotopic (exact) mass is 404 g/mol.